The molecule has 2 aromatic carbocycles. The van der Waals surface area contributed by atoms with Crippen molar-refractivity contribution in [1.82, 2.24) is 10.2 Å². The van der Waals surface area contributed by atoms with Crippen LogP contribution in [0.4, 0.5) is 4.79 Å². The maximum Gasteiger partial charge on any atom is 0.321 e. The van der Waals surface area contributed by atoms with Crippen LogP contribution in [-0.2, 0) is 13.0 Å². The van der Waals surface area contributed by atoms with Crippen LogP contribution in [0, 0.1) is 6.92 Å². The zero-order valence-corrected chi connectivity index (χ0v) is 12.8. The summed E-state index contributed by atoms with van der Waals surface area (Å²) in [5.74, 6) is 0. The van der Waals surface area contributed by atoms with Gasteiger partial charge in [0.25, 0.3) is 0 Å². The molecular weight excluding hydrogens is 272 g/mol. The van der Waals surface area contributed by atoms with Crippen LogP contribution in [0.3, 0.4) is 0 Å². The molecule has 0 fully saturated rings. The summed E-state index contributed by atoms with van der Waals surface area (Å²) in [5, 5.41) is 2.85. The van der Waals surface area contributed by atoms with E-state index >= 15 is 0 Å². The number of carbonyl (C=O) groups is 1. The van der Waals surface area contributed by atoms with E-state index in [2.05, 4.69) is 42.6 Å². The number of benzene rings is 2. The monoisotopic (exact) mass is 292 g/mol. The first-order valence-corrected chi connectivity index (χ1v) is 7.58. The Bertz CT molecular complexity index is 689. The number of hydrogen-bond donors (Lipinski definition) is 1. The number of nitrogens with zero attached hydrogens (tertiary/aromatic N) is 1. The molecule has 1 aliphatic heterocycles. The molecule has 0 radical (unpaired) electrons. The maximum absolute atomic E-state index is 12.2. The summed E-state index contributed by atoms with van der Waals surface area (Å²) >= 11 is 0. The Labute approximate surface area is 131 Å². The lowest BCUT2D eigenvalue weighted by Gasteiger charge is -2.28. The highest BCUT2D eigenvalue weighted by Crippen LogP contribution is 2.18. The van der Waals surface area contributed by atoms with E-state index in [1.807, 2.05) is 29.2 Å². The Morgan fingerprint density at radius 1 is 1.09 bits per heavy atom. The zero-order chi connectivity index (χ0) is 15.4. The van der Waals surface area contributed by atoms with Gasteiger partial charge in [-0.25, -0.2) is 4.79 Å². The van der Waals surface area contributed by atoms with E-state index in [0.717, 1.165) is 18.5 Å². The van der Waals surface area contributed by atoms with Gasteiger partial charge in [0.2, 0.25) is 0 Å². The van der Waals surface area contributed by atoms with Gasteiger partial charge in [0.1, 0.15) is 0 Å². The smallest absolute Gasteiger partial charge is 0.320 e. The van der Waals surface area contributed by atoms with Crippen LogP contribution in [-0.4, -0.2) is 17.5 Å². The SMILES string of the molecule is Cc1ccc(/C=C/NC(=O)N2CCc3ccccc3C2)cc1. The first-order valence-electron chi connectivity index (χ1n) is 7.58. The molecule has 3 rings (SSSR count). The van der Waals surface area contributed by atoms with Gasteiger partial charge in [-0.15, -0.1) is 0 Å². The molecule has 2 amide bonds. The molecule has 0 aromatic heterocycles. The van der Waals surface area contributed by atoms with Gasteiger partial charge in [-0.05, 0) is 36.1 Å². The second-order valence-electron chi connectivity index (χ2n) is 5.63. The molecule has 1 heterocycles. The summed E-state index contributed by atoms with van der Waals surface area (Å²) in [4.78, 5) is 14.1. The standard InChI is InChI=1S/C19H20N2O/c1-15-6-8-16(9-7-15)10-12-20-19(22)21-13-11-17-4-2-3-5-18(17)14-21/h2-10,12H,11,13-14H2,1H3,(H,20,22)/b12-10+. The van der Waals surface area contributed by atoms with E-state index in [1.54, 1.807) is 6.20 Å². The van der Waals surface area contributed by atoms with Crippen molar-refractivity contribution in [1.29, 1.82) is 0 Å². The predicted octanol–water partition coefficient (Wildman–Crippen LogP) is 3.73. The minimum atomic E-state index is -0.0436. The molecule has 2 aromatic rings. The number of carbonyl (C=O) groups excluding carboxylic acids is 1. The molecule has 0 unspecified atom stereocenters. The Kier molecular flexibility index (Phi) is 4.24. The lowest BCUT2D eigenvalue weighted by molar-refractivity contribution is 0.196. The molecule has 112 valence electrons. The topological polar surface area (TPSA) is 32.3 Å². The normalized spacial score (nSPS) is 14.0. The molecule has 0 atom stereocenters. The summed E-state index contributed by atoms with van der Waals surface area (Å²) in [7, 11) is 0. The van der Waals surface area contributed by atoms with Gasteiger partial charge in [0, 0.05) is 19.3 Å². The van der Waals surface area contributed by atoms with Gasteiger partial charge in [-0.2, -0.15) is 0 Å². The van der Waals surface area contributed by atoms with Crippen LogP contribution in [0.1, 0.15) is 22.3 Å². The zero-order valence-electron chi connectivity index (χ0n) is 12.8. The molecule has 3 heteroatoms. The molecule has 3 nitrogen and oxygen atoms in total. The van der Waals surface area contributed by atoms with E-state index in [-0.39, 0.29) is 6.03 Å². The first-order chi connectivity index (χ1) is 10.7. The fourth-order valence-electron chi connectivity index (χ4n) is 2.65. The van der Waals surface area contributed by atoms with Gasteiger partial charge in [0.15, 0.2) is 0 Å². The van der Waals surface area contributed by atoms with Crippen molar-refractivity contribution in [2.24, 2.45) is 0 Å². The Hall–Kier alpha value is -2.55. The third-order valence-electron chi connectivity index (χ3n) is 3.98. The third-order valence-corrected chi connectivity index (χ3v) is 3.98. The van der Waals surface area contributed by atoms with E-state index < -0.39 is 0 Å². The maximum atomic E-state index is 12.2. The number of urea groups is 1. The van der Waals surface area contributed by atoms with Crippen molar-refractivity contribution in [3.05, 3.63) is 77.0 Å². The van der Waals surface area contributed by atoms with Crippen molar-refractivity contribution >= 4 is 12.1 Å². The van der Waals surface area contributed by atoms with E-state index in [4.69, 9.17) is 0 Å². The molecule has 0 spiro atoms. The van der Waals surface area contributed by atoms with Crippen LogP contribution in [0.25, 0.3) is 6.08 Å². The number of hydrogen-bond acceptors (Lipinski definition) is 1. The van der Waals surface area contributed by atoms with Crippen molar-refractivity contribution in [2.75, 3.05) is 6.54 Å². The van der Waals surface area contributed by atoms with Crippen LogP contribution in [0.5, 0.6) is 0 Å². The average molecular weight is 292 g/mol. The highest BCUT2D eigenvalue weighted by molar-refractivity contribution is 5.76. The lowest BCUT2D eigenvalue weighted by Crippen LogP contribution is -2.40. The summed E-state index contributed by atoms with van der Waals surface area (Å²) in [6.07, 6.45) is 4.55. The highest BCUT2D eigenvalue weighted by atomic mass is 16.2. The average Bonchev–Trinajstić information content (AvgIpc) is 2.56. The summed E-state index contributed by atoms with van der Waals surface area (Å²) < 4.78 is 0. The molecule has 0 aliphatic carbocycles. The third kappa shape index (κ3) is 3.37. The van der Waals surface area contributed by atoms with Gasteiger partial charge < -0.3 is 10.2 Å². The number of amides is 2. The lowest BCUT2D eigenvalue weighted by atomic mass is 10.0. The van der Waals surface area contributed by atoms with E-state index in [9.17, 15) is 4.79 Å². The number of aryl methyl sites for hydroxylation is 1. The molecule has 0 saturated heterocycles. The summed E-state index contributed by atoms with van der Waals surface area (Å²) in [5.41, 5.74) is 4.90. The fourth-order valence-corrected chi connectivity index (χ4v) is 2.65. The van der Waals surface area contributed by atoms with Gasteiger partial charge in [-0.3, -0.25) is 0 Å². The Balaban J connectivity index is 1.58. The summed E-state index contributed by atoms with van der Waals surface area (Å²) in [6.45, 7) is 3.51. The van der Waals surface area contributed by atoms with Gasteiger partial charge >= 0.3 is 6.03 Å². The Morgan fingerprint density at radius 2 is 1.82 bits per heavy atom. The van der Waals surface area contributed by atoms with Crippen LogP contribution in [0.2, 0.25) is 0 Å². The van der Waals surface area contributed by atoms with Crippen LogP contribution < -0.4 is 5.32 Å². The van der Waals surface area contributed by atoms with Crippen molar-refractivity contribution in [3.8, 4) is 0 Å². The van der Waals surface area contributed by atoms with Gasteiger partial charge in [-0.1, -0.05) is 54.1 Å². The molecule has 1 N–H and O–H groups in total. The van der Waals surface area contributed by atoms with Crippen LogP contribution in [0.15, 0.2) is 54.7 Å². The minimum Gasteiger partial charge on any atom is -0.320 e. The quantitative estimate of drug-likeness (QED) is 0.898. The minimum absolute atomic E-state index is 0.0436. The van der Waals surface area contributed by atoms with Crippen LogP contribution >= 0.6 is 0 Å². The van der Waals surface area contributed by atoms with Crippen molar-refractivity contribution < 1.29 is 4.79 Å². The molecule has 0 bridgehead atoms. The number of fused-ring (bicyclic) bond motifs is 1. The second-order valence-corrected chi connectivity index (χ2v) is 5.63. The predicted molar refractivity (Wildman–Crippen MR) is 89.3 cm³/mol. The van der Waals surface area contributed by atoms with Crippen molar-refractivity contribution in [3.63, 3.8) is 0 Å². The molecule has 22 heavy (non-hydrogen) atoms. The number of nitrogens with one attached hydrogen (secondary N) is 1. The number of rotatable bonds is 2. The van der Waals surface area contributed by atoms with Gasteiger partial charge in [0.05, 0.1) is 0 Å². The fraction of sp³-hybridized carbons (Fsp3) is 0.211. The highest BCUT2D eigenvalue weighted by Gasteiger charge is 2.19. The molecule has 1 aliphatic rings. The molecular formula is C19H20N2O. The molecule has 0 saturated carbocycles. The Morgan fingerprint density at radius 3 is 2.59 bits per heavy atom. The van der Waals surface area contributed by atoms with E-state index in [1.165, 1.54) is 16.7 Å². The second kappa shape index (κ2) is 6.48. The van der Waals surface area contributed by atoms with Crippen molar-refractivity contribution in [2.45, 2.75) is 19.9 Å². The summed E-state index contributed by atoms with van der Waals surface area (Å²) in [6, 6.07) is 16.5. The largest absolute Gasteiger partial charge is 0.321 e. The van der Waals surface area contributed by atoms with E-state index in [0.29, 0.717) is 6.54 Å². The first kappa shape index (κ1) is 14.4.